The molecule has 0 saturated heterocycles. The number of rotatable bonds is 4. The zero-order chi connectivity index (χ0) is 9.68. The number of hydrogen-bond donors (Lipinski definition) is 2. The molecule has 13 heavy (non-hydrogen) atoms. The van der Waals surface area contributed by atoms with Crippen molar-refractivity contribution in [2.24, 2.45) is 11.5 Å². The molecule has 1 rings (SSSR count). The van der Waals surface area contributed by atoms with Crippen LogP contribution in [-0.2, 0) is 0 Å². The molecule has 0 radical (unpaired) electrons. The van der Waals surface area contributed by atoms with E-state index in [0.29, 0.717) is 0 Å². The van der Waals surface area contributed by atoms with Gasteiger partial charge in [-0.1, -0.05) is 6.07 Å². The minimum Gasteiger partial charge on any atom is -0.328 e. The molecule has 72 valence electrons. The van der Waals surface area contributed by atoms with E-state index in [-0.39, 0.29) is 12.1 Å². The van der Waals surface area contributed by atoms with Crippen molar-refractivity contribution < 1.29 is 0 Å². The summed E-state index contributed by atoms with van der Waals surface area (Å²) in [5.41, 5.74) is 12.7. The molecule has 1 heterocycles. The van der Waals surface area contributed by atoms with Gasteiger partial charge in [0.1, 0.15) is 0 Å². The van der Waals surface area contributed by atoms with Crippen molar-refractivity contribution in [1.29, 1.82) is 0 Å². The Kier molecular flexibility index (Phi) is 3.86. The van der Waals surface area contributed by atoms with Crippen LogP contribution < -0.4 is 11.5 Å². The number of pyridine rings is 1. The Morgan fingerprint density at radius 1 is 1.38 bits per heavy atom. The molecule has 3 nitrogen and oxygen atoms in total. The van der Waals surface area contributed by atoms with Gasteiger partial charge in [-0.05, 0) is 31.4 Å². The van der Waals surface area contributed by atoms with Gasteiger partial charge >= 0.3 is 0 Å². The van der Waals surface area contributed by atoms with Crippen molar-refractivity contribution >= 4 is 0 Å². The molecule has 1 aromatic heterocycles. The second-order valence-corrected chi connectivity index (χ2v) is 3.45. The van der Waals surface area contributed by atoms with Crippen molar-refractivity contribution in [2.75, 3.05) is 0 Å². The van der Waals surface area contributed by atoms with Gasteiger partial charge in [0.2, 0.25) is 0 Å². The molecule has 0 amide bonds. The fraction of sp³-hybridized carbons (Fsp3) is 0.500. The van der Waals surface area contributed by atoms with Crippen molar-refractivity contribution in [1.82, 2.24) is 4.98 Å². The number of hydrogen-bond acceptors (Lipinski definition) is 3. The molecule has 2 atom stereocenters. The lowest BCUT2D eigenvalue weighted by Gasteiger charge is -2.12. The SMILES string of the molecule is CC(N)CCC(N)c1cccnc1. The Morgan fingerprint density at radius 2 is 2.15 bits per heavy atom. The van der Waals surface area contributed by atoms with Gasteiger partial charge in [-0.25, -0.2) is 0 Å². The predicted molar refractivity (Wildman–Crippen MR) is 54.0 cm³/mol. The molecular weight excluding hydrogens is 162 g/mol. The highest BCUT2D eigenvalue weighted by molar-refractivity contribution is 5.12. The van der Waals surface area contributed by atoms with Gasteiger partial charge in [0.05, 0.1) is 0 Å². The van der Waals surface area contributed by atoms with E-state index in [9.17, 15) is 0 Å². The van der Waals surface area contributed by atoms with Crippen LogP contribution in [0.2, 0.25) is 0 Å². The summed E-state index contributed by atoms with van der Waals surface area (Å²) in [5.74, 6) is 0. The molecule has 0 aliphatic heterocycles. The summed E-state index contributed by atoms with van der Waals surface area (Å²) in [6.45, 7) is 2.00. The highest BCUT2D eigenvalue weighted by Crippen LogP contribution is 2.14. The summed E-state index contributed by atoms with van der Waals surface area (Å²) in [5, 5.41) is 0. The molecule has 1 aromatic rings. The summed E-state index contributed by atoms with van der Waals surface area (Å²) in [4.78, 5) is 4.02. The van der Waals surface area contributed by atoms with Crippen LogP contribution in [0.25, 0.3) is 0 Å². The normalized spacial score (nSPS) is 15.3. The molecule has 0 aromatic carbocycles. The van der Waals surface area contributed by atoms with Crippen LogP contribution in [0.4, 0.5) is 0 Å². The van der Waals surface area contributed by atoms with Crippen molar-refractivity contribution in [3.63, 3.8) is 0 Å². The topological polar surface area (TPSA) is 64.9 Å². The van der Waals surface area contributed by atoms with Gasteiger partial charge < -0.3 is 11.5 Å². The van der Waals surface area contributed by atoms with E-state index < -0.39 is 0 Å². The second-order valence-electron chi connectivity index (χ2n) is 3.45. The molecule has 2 unspecified atom stereocenters. The van der Waals surface area contributed by atoms with Crippen LogP contribution in [-0.4, -0.2) is 11.0 Å². The maximum Gasteiger partial charge on any atom is 0.0315 e. The summed E-state index contributed by atoms with van der Waals surface area (Å²) in [6.07, 6.45) is 5.44. The molecule has 0 spiro atoms. The molecule has 0 bridgehead atoms. The number of nitrogens with zero attached hydrogens (tertiary/aromatic N) is 1. The molecule has 0 saturated carbocycles. The first kappa shape index (κ1) is 10.2. The van der Waals surface area contributed by atoms with Gasteiger partial charge in [-0.3, -0.25) is 4.98 Å². The van der Waals surface area contributed by atoms with E-state index >= 15 is 0 Å². The van der Waals surface area contributed by atoms with Crippen LogP contribution >= 0.6 is 0 Å². The van der Waals surface area contributed by atoms with Crippen LogP contribution in [0, 0.1) is 0 Å². The Labute approximate surface area is 79.2 Å². The standard InChI is InChI=1S/C10H17N3/c1-8(11)4-5-10(12)9-3-2-6-13-7-9/h2-3,6-8,10H,4-5,11-12H2,1H3. The first-order valence-corrected chi connectivity index (χ1v) is 4.61. The maximum absolute atomic E-state index is 5.95. The minimum absolute atomic E-state index is 0.0692. The Morgan fingerprint density at radius 3 is 2.69 bits per heavy atom. The largest absolute Gasteiger partial charge is 0.328 e. The Balaban J connectivity index is 2.44. The van der Waals surface area contributed by atoms with Gasteiger partial charge in [0, 0.05) is 24.5 Å². The summed E-state index contributed by atoms with van der Waals surface area (Å²) in [6, 6.07) is 4.20. The summed E-state index contributed by atoms with van der Waals surface area (Å²) in [7, 11) is 0. The zero-order valence-corrected chi connectivity index (χ0v) is 7.98. The lowest BCUT2D eigenvalue weighted by molar-refractivity contribution is 0.554. The van der Waals surface area contributed by atoms with E-state index in [0.717, 1.165) is 18.4 Å². The minimum atomic E-state index is 0.0692. The van der Waals surface area contributed by atoms with Crippen LogP contribution in [0.5, 0.6) is 0 Å². The molecule has 0 fully saturated rings. The van der Waals surface area contributed by atoms with Crippen molar-refractivity contribution in [3.8, 4) is 0 Å². The van der Waals surface area contributed by atoms with E-state index in [2.05, 4.69) is 4.98 Å². The van der Waals surface area contributed by atoms with Gasteiger partial charge in [0.15, 0.2) is 0 Å². The lowest BCUT2D eigenvalue weighted by atomic mass is 10.0. The van der Waals surface area contributed by atoms with Gasteiger partial charge in [-0.2, -0.15) is 0 Å². The lowest BCUT2D eigenvalue weighted by Crippen LogP contribution is -2.18. The van der Waals surface area contributed by atoms with E-state index in [4.69, 9.17) is 11.5 Å². The van der Waals surface area contributed by atoms with Crippen LogP contribution in [0.1, 0.15) is 31.4 Å². The third-order valence-electron chi connectivity index (χ3n) is 2.05. The summed E-state index contributed by atoms with van der Waals surface area (Å²) < 4.78 is 0. The van der Waals surface area contributed by atoms with E-state index in [1.807, 2.05) is 25.3 Å². The number of nitrogens with two attached hydrogens (primary N) is 2. The highest BCUT2D eigenvalue weighted by Gasteiger charge is 2.06. The highest BCUT2D eigenvalue weighted by atomic mass is 14.7. The zero-order valence-electron chi connectivity index (χ0n) is 7.98. The fourth-order valence-corrected chi connectivity index (χ4v) is 1.20. The Bertz CT molecular complexity index is 233. The first-order valence-electron chi connectivity index (χ1n) is 4.61. The van der Waals surface area contributed by atoms with Gasteiger partial charge in [-0.15, -0.1) is 0 Å². The average Bonchev–Trinajstić information content (AvgIpc) is 2.15. The van der Waals surface area contributed by atoms with E-state index in [1.165, 1.54) is 0 Å². The average molecular weight is 179 g/mol. The molecular formula is C10H17N3. The predicted octanol–water partition coefficient (Wildman–Crippen LogP) is 1.21. The van der Waals surface area contributed by atoms with Crippen molar-refractivity contribution in [2.45, 2.75) is 31.8 Å². The van der Waals surface area contributed by atoms with E-state index in [1.54, 1.807) is 6.20 Å². The second kappa shape index (κ2) is 4.94. The Hall–Kier alpha value is -0.930. The summed E-state index contributed by atoms with van der Waals surface area (Å²) >= 11 is 0. The quantitative estimate of drug-likeness (QED) is 0.730. The molecule has 3 heteroatoms. The number of aromatic nitrogens is 1. The molecule has 0 aliphatic rings. The van der Waals surface area contributed by atoms with Gasteiger partial charge in [0.25, 0.3) is 0 Å². The van der Waals surface area contributed by atoms with Crippen molar-refractivity contribution in [3.05, 3.63) is 30.1 Å². The monoisotopic (exact) mass is 179 g/mol. The maximum atomic E-state index is 5.95. The first-order chi connectivity index (χ1) is 6.20. The van der Waals surface area contributed by atoms with Crippen LogP contribution in [0.15, 0.2) is 24.5 Å². The molecule has 4 N–H and O–H groups in total. The smallest absolute Gasteiger partial charge is 0.0315 e. The third-order valence-corrected chi connectivity index (χ3v) is 2.05. The fourth-order valence-electron chi connectivity index (χ4n) is 1.20. The third kappa shape index (κ3) is 3.53. The molecule has 0 aliphatic carbocycles. The van der Waals surface area contributed by atoms with Crippen LogP contribution in [0.3, 0.4) is 0 Å².